The third kappa shape index (κ3) is 4.58. The van der Waals surface area contributed by atoms with E-state index >= 15 is 0 Å². The lowest BCUT2D eigenvalue weighted by molar-refractivity contribution is -0.133. The molecule has 1 rings (SSSR count). The first-order valence-corrected chi connectivity index (χ1v) is 5.29. The number of hydrogen-bond acceptors (Lipinski definition) is 2. The molecule has 0 amide bonds. The van der Waals surface area contributed by atoms with E-state index in [1.165, 1.54) is 25.9 Å². The van der Waals surface area contributed by atoms with Crippen LogP contribution in [0.3, 0.4) is 0 Å². The summed E-state index contributed by atoms with van der Waals surface area (Å²) in [4.78, 5) is 6.00. The molecule has 0 saturated carbocycles. The first-order chi connectivity index (χ1) is 6.33. The van der Waals surface area contributed by atoms with Crippen LogP contribution in [-0.2, 0) is 4.94 Å². The number of rotatable bonds is 5. The van der Waals surface area contributed by atoms with Crippen molar-refractivity contribution in [1.29, 1.82) is 0 Å². The van der Waals surface area contributed by atoms with Crippen LogP contribution < -0.4 is 0 Å². The van der Waals surface area contributed by atoms with Gasteiger partial charge in [0.2, 0.25) is 0 Å². The minimum atomic E-state index is 0.254. The molecule has 2 nitrogen and oxygen atoms in total. The lowest BCUT2D eigenvalue weighted by Crippen LogP contribution is -2.33. The largest absolute Gasteiger partial charge is 0.303 e. The van der Waals surface area contributed by atoms with Crippen molar-refractivity contribution in [2.24, 2.45) is 5.92 Å². The fraction of sp³-hybridized carbons (Fsp3) is 1.00. The Morgan fingerprint density at radius 3 is 2.62 bits per heavy atom. The first kappa shape index (κ1) is 10.9. The molecule has 3 heteroatoms. The average molecular weight is 189 g/mol. The highest BCUT2D eigenvalue weighted by atomic mass is 19.3. The fourth-order valence-electron chi connectivity index (χ4n) is 1.78. The quantitative estimate of drug-likeness (QED) is 0.616. The molecule has 0 aromatic heterocycles. The monoisotopic (exact) mass is 189 g/mol. The Balaban J connectivity index is 1.96. The summed E-state index contributed by atoms with van der Waals surface area (Å²) >= 11 is 0. The van der Waals surface area contributed by atoms with Gasteiger partial charge >= 0.3 is 0 Å². The number of nitrogens with zero attached hydrogens (tertiary/aromatic N) is 1. The van der Waals surface area contributed by atoms with Crippen LogP contribution in [-0.4, -0.2) is 31.1 Å². The number of halogens is 1. The van der Waals surface area contributed by atoms with Crippen LogP contribution in [0.2, 0.25) is 0 Å². The maximum absolute atomic E-state index is 11.3. The number of hydrogen-bond donors (Lipinski definition) is 0. The van der Waals surface area contributed by atoms with E-state index in [9.17, 15) is 4.53 Å². The van der Waals surface area contributed by atoms with Crippen molar-refractivity contribution in [3.63, 3.8) is 0 Å². The molecule has 1 aliphatic heterocycles. The molecule has 1 fully saturated rings. The van der Waals surface area contributed by atoms with Gasteiger partial charge in [0.25, 0.3) is 0 Å². The van der Waals surface area contributed by atoms with E-state index in [0.29, 0.717) is 0 Å². The number of likely N-dealkylation sites (tertiary alicyclic amines) is 1. The average Bonchev–Trinajstić information content (AvgIpc) is 2.15. The predicted molar refractivity (Wildman–Crippen MR) is 51.1 cm³/mol. The van der Waals surface area contributed by atoms with Crippen molar-refractivity contribution in [3.8, 4) is 0 Å². The normalized spacial score (nSPS) is 20.8. The van der Waals surface area contributed by atoms with E-state index in [1.807, 2.05) is 0 Å². The summed E-state index contributed by atoms with van der Waals surface area (Å²) in [5, 5.41) is 0. The van der Waals surface area contributed by atoms with E-state index in [0.717, 1.165) is 25.3 Å². The molecular weight excluding hydrogens is 169 g/mol. The Morgan fingerprint density at radius 2 is 2.00 bits per heavy atom. The Labute approximate surface area is 80.0 Å². The van der Waals surface area contributed by atoms with E-state index in [4.69, 9.17) is 0 Å². The summed E-state index contributed by atoms with van der Waals surface area (Å²) < 4.78 is 11.3. The second-order valence-electron chi connectivity index (χ2n) is 4.04. The van der Waals surface area contributed by atoms with Gasteiger partial charge in [-0.3, -0.25) is 0 Å². The summed E-state index contributed by atoms with van der Waals surface area (Å²) in [6.07, 6.45) is 4.53. The second-order valence-corrected chi connectivity index (χ2v) is 4.04. The summed E-state index contributed by atoms with van der Waals surface area (Å²) in [6, 6.07) is 0. The molecule has 1 heterocycles. The summed E-state index contributed by atoms with van der Waals surface area (Å²) in [6.45, 7) is 6.11. The molecule has 0 unspecified atom stereocenters. The lowest BCUT2D eigenvalue weighted by atomic mass is 9.99. The van der Waals surface area contributed by atoms with E-state index < -0.39 is 0 Å². The van der Waals surface area contributed by atoms with Crippen LogP contribution in [0, 0.1) is 5.92 Å². The molecule has 0 atom stereocenters. The van der Waals surface area contributed by atoms with E-state index in [2.05, 4.69) is 16.8 Å². The Morgan fingerprint density at radius 1 is 1.31 bits per heavy atom. The SMILES string of the molecule is CC1CCN(CCCCOF)CC1. The Kier molecular flexibility index (Phi) is 5.32. The van der Waals surface area contributed by atoms with Crippen LogP contribution >= 0.6 is 0 Å². The standard InChI is InChI=1S/C10H20FNO/c1-10-4-7-12(8-5-10)6-2-3-9-13-11/h10H,2-9H2,1H3. The predicted octanol–water partition coefficient (Wildman–Crippen LogP) is 2.40. The highest BCUT2D eigenvalue weighted by Gasteiger charge is 2.14. The molecule has 0 spiro atoms. The highest BCUT2D eigenvalue weighted by molar-refractivity contribution is 4.68. The van der Waals surface area contributed by atoms with Gasteiger partial charge in [-0.05, 0) is 55.8 Å². The van der Waals surface area contributed by atoms with Gasteiger partial charge in [0, 0.05) is 0 Å². The van der Waals surface area contributed by atoms with Crippen molar-refractivity contribution in [2.45, 2.75) is 32.6 Å². The summed E-state index contributed by atoms with van der Waals surface area (Å²) in [5.41, 5.74) is 0. The van der Waals surface area contributed by atoms with Crippen LogP contribution in [0.5, 0.6) is 0 Å². The molecule has 1 aliphatic rings. The molecule has 0 bridgehead atoms. The highest BCUT2D eigenvalue weighted by Crippen LogP contribution is 2.15. The molecular formula is C10H20FNO. The Hall–Kier alpha value is -0.150. The van der Waals surface area contributed by atoms with Crippen LogP contribution in [0.4, 0.5) is 4.53 Å². The van der Waals surface area contributed by atoms with Crippen LogP contribution in [0.25, 0.3) is 0 Å². The smallest absolute Gasteiger partial charge is 0.0876 e. The molecule has 13 heavy (non-hydrogen) atoms. The van der Waals surface area contributed by atoms with Gasteiger partial charge in [0.05, 0.1) is 6.61 Å². The van der Waals surface area contributed by atoms with Crippen molar-refractivity contribution in [2.75, 3.05) is 26.2 Å². The van der Waals surface area contributed by atoms with Crippen LogP contribution in [0.15, 0.2) is 0 Å². The molecule has 1 saturated heterocycles. The van der Waals surface area contributed by atoms with Gasteiger partial charge < -0.3 is 4.90 Å². The molecule has 0 N–H and O–H groups in total. The second kappa shape index (κ2) is 6.33. The summed E-state index contributed by atoms with van der Waals surface area (Å²) in [5.74, 6) is 0.894. The zero-order valence-electron chi connectivity index (χ0n) is 8.47. The maximum Gasteiger partial charge on any atom is 0.0876 e. The number of unbranched alkanes of at least 4 members (excludes halogenated alkanes) is 1. The zero-order chi connectivity index (χ0) is 9.52. The van der Waals surface area contributed by atoms with E-state index in [-0.39, 0.29) is 6.61 Å². The molecule has 78 valence electrons. The molecule has 0 aromatic carbocycles. The Bertz CT molecular complexity index is 124. The molecule has 0 aliphatic carbocycles. The molecule has 0 aromatic rings. The maximum atomic E-state index is 11.3. The zero-order valence-corrected chi connectivity index (χ0v) is 8.47. The van der Waals surface area contributed by atoms with Gasteiger partial charge in [0.1, 0.15) is 0 Å². The van der Waals surface area contributed by atoms with Crippen molar-refractivity contribution < 1.29 is 9.47 Å². The molecule has 0 radical (unpaired) electrons. The third-order valence-electron chi connectivity index (χ3n) is 2.82. The topological polar surface area (TPSA) is 12.5 Å². The van der Waals surface area contributed by atoms with Crippen molar-refractivity contribution in [3.05, 3.63) is 0 Å². The van der Waals surface area contributed by atoms with Crippen molar-refractivity contribution >= 4 is 0 Å². The van der Waals surface area contributed by atoms with Gasteiger partial charge in [-0.2, -0.15) is 4.94 Å². The van der Waals surface area contributed by atoms with Crippen molar-refractivity contribution in [1.82, 2.24) is 4.90 Å². The fourth-order valence-corrected chi connectivity index (χ4v) is 1.78. The lowest BCUT2D eigenvalue weighted by Gasteiger charge is -2.29. The number of piperidine rings is 1. The summed E-state index contributed by atoms with van der Waals surface area (Å²) in [7, 11) is 0. The third-order valence-corrected chi connectivity index (χ3v) is 2.82. The minimum Gasteiger partial charge on any atom is -0.303 e. The van der Waals surface area contributed by atoms with Crippen LogP contribution in [0.1, 0.15) is 32.6 Å². The van der Waals surface area contributed by atoms with Gasteiger partial charge in [0.15, 0.2) is 0 Å². The van der Waals surface area contributed by atoms with E-state index in [1.54, 1.807) is 0 Å². The first-order valence-electron chi connectivity index (χ1n) is 5.29. The van der Waals surface area contributed by atoms with Gasteiger partial charge in [-0.1, -0.05) is 6.92 Å². The minimum absolute atomic E-state index is 0.254. The van der Waals surface area contributed by atoms with Gasteiger partial charge in [-0.25, -0.2) is 0 Å². The van der Waals surface area contributed by atoms with Gasteiger partial charge in [-0.15, -0.1) is 0 Å².